The summed E-state index contributed by atoms with van der Waals surface area (Å²) in [5, 5.41) is 0. The number of anilines is 1. The highest BCUT2D eigenvalue weighted by atomic mass is 16.5. The van der Waals surface area contributed by atoms with E-state index in [1.54, 1.807) is 12.3 Å². The predicted octanol–water partition coefficient (Wildman–Crippen LogP) is 1.83. The van der Waals surface area contributed by atoms with Gasteiger partial charge in [-0.05, 0) is 18.2 Å². The van der Waals surface area contributed by atoms with Crippen LogP contribution in [0.15, 0.2) is 43.6 Å². The van der Waals surface area contributed by atoms with Gasteiger partial charge in [-0.2, -0.15) is 0 Å². The minimum Gasteiger partial charge on any atom is -0.373 e. The van der Waals surface area contributed by atoms with E-state index in [1.807, 2.05) is 29.4 Å². The zero-order chi connectivity index (χ0) is 13.8. The zero-order valence-corrected chi connectivity index (χ0v) is 11.4. The van der Waals surface area contributed by atoms with Crippen LogP contribution in [0, 0.1) is 0 Å². The molecule has 0 unspecified atom stereocenters. The third-order valence-electron chi connectivity index (χ3n) is 3.46. The fourth-order valence-electron chi connectivity index (χ4n) is 2.40. The molecule has 0 aromatic carbocycles. The van der Waals surface area contributed by atoms with Crippen LogP contribution < -0.4 is 4.90 Å². The van der Waals surface area contributed by atoms with Gasteiger partial charge in [-0.1, -0.05) is 6.58 Å². The first kappa shape index (κ1) is 12.9. The highest BCUT2D eigenvalue weighted by Crippen LogP contribution is 2.18. The van der Waals surface area contributed by atoms with Gasteiger partial charge in [0.05, 0.1) is 43.2 Å². The van der Waals surface area contributed by atoms with E-state index in [-0.39, 0.29) is 6.10 Å². The third kappa shape index (κ3) is 2.88. The van der Waals surface area contributed by atoms with Crippen LogP contribution in [0.2, 0.25) is 0 Å². The van der Waals surface area contributed by atoms with Crippen LogP contribution in [0.1, 0.15) is 5.69 Å². The smallest absolute Gasteiger partial charge is 0.0946 e. The first-order valence-electron chi connectivity index (χ1n) is 6.76. The van der Waals surface area contributed by atoms with Crippen LogP contribution in [-0.2, 0) is 11.3 Å². The van der Waals surface area contributed by atoms with Crippen molar-refractivity contribution in [2.75, 3.05) is 24.6 Å². The average Bonchev–Trinajstić information content (AvgIpc) is 3.01. The van der Waals surface area contributed by atoms with Crippen LogP contribution in [0.3, 0.4) is 0 Å². The Hall–Kier alpha value is -2.14. The second-order valence-corrected chi connectivity index (χ2v) is 4.84. The van der Waals surface area contributed by atoms with Crippen molar-refractivity contribution in [1.29, 1.82) is 0 Å². The minimum atomic E-state index is 0.178. The molecule has 0 aliphatic carbocycles. The van der Waals surface area contributed by atoms with E-state index in [0.717, 1.165) is 37.6 Å². The number of imidazole rings is 1. The van der Waals surface area contributed by atoms with Gasteiger partial charge in [0.25, 0.3) is 0 Å². The van der Waals surface area contributed by atoms with Gasteiger partial charge in [-0.3, -0.25) is 4.98 Å². The van der Waals surface area contributed by atoms with E-state index in [4.69, 9.17) is 4.74 Å². The molecule has 1 aliphatic rings. The minimum absolute atomic E-state index is 0.178. The lowest BCUT2D eigenvalue weighted by Crippen LogP contribution is -2.44. The molecule has 1 aliphatic heterocycles. The van der Waals surface area contributed by atoms with Crippen molar-refractivity contribution in [2.24, 2.45) is 0 Å². The molecule has 0 amide bonds. The molecule has 5 nitrogen and oxygen atoms in total. The van der Waals surface area contributed by atoms with Gasteiger partial charge in [-0.15, -0.1) is 0 Å². The normalized spacial score (nSPS) is 19.0. The number of morpholine rings is 1. The zero-order valence-electron chi connectivity index (χ0n) is 11.4. The molecule has 20 heavy (non-hydrogen) atoms. The van der Waals surface area contributed by atoms with E-state index < -0.39 is 0 Å². The van der Waals surface area contributed by atoms with Crippen LogP contribution >= 0.6 is 0 Å². The number of nitrogens with zero attached hydrogens (tertiary/aromatic N) is 4. The summed E-state index contributed by atoms with van der Waals surface area (Å²) >= 11 is 0. The Morgan fingerprint density at radius 3 is 3.10 bits per heavy atom. The average molecular weight is 270 g/mol. The summed E-state index contributed by atoms with van der Waals surface area (Å²) in [5.41, 5.74) is 2.03. The summed E-state index contributed by atoms with van der Waals surface area (Å²) in [7, 11) is 0. The Morgan fingerprint density at radius 2 is 2.40 bits per heavy atom. The van der Waals surface area contributed by atoms with Gasteiger partial charge in [0.15, 0.2) is 0 Å². The molecule has 0 N–H and O–H groups in total. The number of pyridine rings is 1. The highest BCUT2D eigenvalue weighted by molar-refractivity contribution is 5.50. The molecule has 2 aromatic rings. The SMILES string of the molecule is C=Cc1ccc(N2CCO[C@H](Cn3ccnc3)C2)cn1. The van der Waals surface area contributed by atoms with Crippen molar-refractivity contribution >= 4 is 11.8 Å². The lowest BCUT2D eigenvalue weighted by atomic mass is 10.2. The summed E-state index contributed by atoms with van der Waals surface area (Å²) in [5.74, 6) is 0. The topological polar surface area (TPSA) is 43.2 Å². The van der Waals surface area contributed by atoms with Crippen molar-refractivity contribution in [3.05, 3.63) is 49.3 Å². The molecule has 0 radical (unpaired) electrons. The Labute approximate surface area is 118 Å². The maximum absolute atomic E-state index is 5.82. The maximum Gasteiger partial charge on any atom is 0.0946 e. The van der Waals surface area contributed by atoms with E-state index >= 15 is 0 Å². The predicted molar refractivity (Wildman–Crippen MR) is 78.5 cm³/mol. The Balaban J connectivity index is 1.66. The van der Waals surface area contributed by atoms with Gasteiger partial charge < -0.3 is 14.2 Å². The van der Waals surface area contributed by atoms with Crippen molar-refractivity contribution in [2.45, 2.75) is 12.6 Å². The quantitative estimate of drug-likeness (QED) is 0.850. The standard InChI is InChI=1S/C15H18N4O/c1-2-13-3-4-14(9-17-13)19-7-8-20-15(11-19)10-18-6-5-16-12-18/h2-6,9,12,15H,1,7-8,10-11H2/t15-/m1/s1. The Morgan fingerprint density at radius 1 is 1.45 bits per heavy atom. The molecular formula is C15H18N4O. The molecule has 1 saturated heterocycles. The number of hydrogen-bond acceptors (Lipinski definition) is 4. The summed E-state index contributed by atoms with van der Waals surface area (Å²) in [6, 6.07) is 4.08. The van der Waals surface area contributed by atoms with Crippen LogP contribution in [-0.4, -0.2) is 40.3 Å². The lowest BCUT2D eigenvalue weighted by Gasteiger charge is -2.34. The summed E-state index contributed by atoms with van der Waals surface area (Å²) in [4.78, 5) is 10.7. The number of aromatic nitrogens is 3. The lowest BCUT2D eigenvalue weighted by molar-refractivity contribution is 0.0296. The van der Waals surface area contributed by atoms with E-state index in [1.165, 1.54) is 0 Å². The van der Waals surface area contributed by atoms with Gasteiger partial charge in [-0.25, -0.2) is 4.98 Å². The maximum atomic E-state index is 5.82. The molecular weight excluding hydrogens is 252 g/mol. The second-order valence-electron chi connectivity index (χ2n) is 4.84. The summed E-state index contributed by atoms with van der Waals surface area (Å²) in [6.45, 7) is 7.06. The Kier molecular flexibility index (Phi) is 3.78. The van der Waals surface area contributed by atoms with Gasteiger partial charge in [0, 0.05) is 25.5 Å². The summed E-state index contributed by atoms with van der Waals surface area (Å²) < 4.78 is 7.87. The Bertz CT molecular complexity index is 550. The first-order valence-corrected chi connectivity index (χ1v) is 6.76. The molecule has 0 bridgehead atoms. The van der Waals surface area contributed by atoms with Crippen LogP contribution in [0.25, 0.3) is 6.08 Å². The molecule has 3 rings (SSSR count). The van der Waals surface area contributed by atoms with Crippen molar-refractivity contribution in [3.63, 3.8) is 0 Å². The monoisotopic (exact) mass is 270 g/mol. The second kappa shape index (κ2) is 5.88. The summed E-state index contributed by atoms with van der Waals surface area (Å²) in [6.07, 6.45) is 9.41. The molecule has 2 aromatic heterocycles. The number of hydrogen-bond donors (Lipinski definition) is 0. The van der Waals surface area contributed by atoms with Crippen LogP contribution in [0.5, 0.6) is 0 Å². The van der Waals surface area contributed by atoms with Gasteiger partial charge in [0.1, 0.15) is 0 Å². The molecule has 0 spiro atoms. The molecule has 0 saturated carbocycles. The molecule has 3 heterocycles. The molecule has 104 valence electrons. The fourth-order valence-corrected chi connectivity index (χ4v) is 2.40. The largest absolute Gasteiger partial charge is 0.373 e. The van der Waals surface area contributed by atoms with Gasteiger partial charge in [0.2, 0.25) is 0 Å². The van der Waals surface area contributed by atoms with Crippen molar-refractivity contribution < 1.29 is 4.74 Å². The van der Waals surface area contributed by atoms with E-state index in [2.05, 4.69) is 27.5 Å². The molecule has 1 fully saturated rings. The number of ether oxygens (including phenoxy) is 1. The molecule has 1 atom stereocenters. The van der Waals surface area contributed by atoms with Crippen molar-refractivity contribution in [3.8, 4) is 0 Å². The fraction of sp³-hybridized carbons (Fsp3) is 0.333. The van der Waals surface area contributed by atoms with Crippen LogP contribution in [0.4, 0.5) is 5.69 Å². The first-order chi connectivity index (χ1) is 9.85. The number of rotatable bonds is 4. The molecule has 5 heteroatoms. The van der Waals surface area contributed by atoms with Crippen molar-refractivity contribution in [1.82, 2.24) is 14.5 Å². The highest BCUT2D eigenvalue weighted by Gasteiger charge is 2.21. The van der Waals surface area contributed by atoms with E-state index in [9.17, 15) is 0 Å². The third-order valence-corrected chi connectivity index (χ3v) is 3.46. The van der Waals surface area contributed by atoms with Gasteiger partial charge >= 0.3 is 0 Å². The van der Waals surface area contributed by atoms with E-state index in [0.29, 0.717) is 0 Å².